The number of phenolic OH excluding ortho intramolecular Hbond substituents is 1. The average Bonchev–Trinajstić information content (AvgIpc) is 2.93. The molecule has 1 amide bonds. The van der Waals surface area contributed by atoms with Crippen LogP contribution in [0, 0.1) is 40.9 Å². The summed E-state index contributed by atoms with van der Waals surface area (Å²) in [4.78, 5) is 40.4. The molecule has 226 valence electrons. The molecule has 10 nitrogen and oxygen atoms in total. The summed E-state index contributed by atoms with van der Waals surface area (Å²) in [7, 11) is 2.56. The Morgan fingerprint density at radius 1 is 0.977 bits per heavy atom. The second-order valence-corrected chi connectivity index (χ2v) is 10.5. The molecule has 0 aliphatic heterocycles. The van der Waals surface area contributed by atoms with E-state index in [9.17, 15) is 61.9 Å². The average molecular weight is 608 g/mol. The molecule has 3 aliphatic rings. The van der Waals surface area contributed by atoms with E-state index in [1.807, 2.05) is 0 Å². The molecule has 2 aromatic rings. The summed E-state index contributed by atoms with van der Waals surface area (Å²) in [6, 6.07) is 1.60. The van der Waals surface area contributed by atoms with E-state index in [-0.39, 0.29) is 5.56 Å². The minimum absolute atomic E-state index is 0.360. The summed E-state index contributed by atoms with van der Waals surface area (Å²) in [5.74, 6) is -23.4. The number of nitrogens with two attached hydrogens (primary N) is 1. The molecule has 0 fully saturated rings. The van der Waals surface area contributed by atoms with Crippen LogP contribution in [-0.2, 0) is 9.59 Å². The largest absolute Gasteiger partial charge is 0.510 e. The Hall–Kier alpha value is -4.60. The van der Waals surface area contributed by atoms with Crippen molar-refractivity contribution in [3.05, 3.63) is 86.6 Å². The molecular weight excluding hydrogens is 587 g/mol. The summed E-state index contributed by atoms with van der Waals surface area (Å²) in [5, 5.41) is 56.2. The van der Waals surface area contributed by atoms with Gasteiger partial charge in [-0.15, -0.1) is 0 Å². The molecule has 7 N–H and O–H groups in total. The van der Waals surface area contributed by atoms with Gasteiger partial charge in [0.1, 0.15) is 22.8 Å². The summed E-state index contributed by atoms with van der Waals surface area (Å²) >= 11 is 0. The third-order valence-corrected chi connectivity index (χ3v) is 8.08. The summed E-state index contributed by atoms with van der Waals surface area (Å²) in [6.07, 6.45) is -1.83. The van der Waals surface area contributed by atoms with Gasteiger partial charge in [-0.25, -0.2) is 22.0 Å². The first-order valence-electron chi connectivity index (χ1n) is 12.4. The van der Waals surface area contributed by atoms with E-state index in [0.29, 0.717) is 6.08 Å². The Morgan fingerprint density at radius 2 is 1.53 bits per heavy atom. The van der Waals surface area contributed by atoms with Crippen LogP contribution in [0.15, 0.2) is 40.9 Å². The highest BCUT2D eigenvalue weighted by molar-refractivity contribution is 6.25. The third-order valence-electron chi connectivity index (χ3n) is 8.08. The number of carbonyl (C=O) groups excluding carboxylic acids is 3. The van der Waals surface area contributed by atoms with Crippen molar-refractivity contribution in [2.75, 3.05) is 14.1 Å². The molecule has 3 aliphatic carbocycles. The topological polar surface area (TPSA) is 182 Å². The van der Waals surface area contributed by atoms with E-state index in [0.717, 1.165) is 23.1 Å². The van der Waals surface area contributed by atoms with Gasteiger partial charge in [0.2, 0.25) is 11.6 Å². The van der Waals surface area contributed by atoms with Gasteiger partial charge in [0.15, 0.2) is 34.7 Å². The molecule has 15 heteroatoms. The van der Waals surface area contributed by atoms with Gasteiger partial charge in [0, 0.05) is 5.92 Å². The SMILES string of the molecule is CN(C)[C@@H]1C(O)=C(C(N)=O)C(=O)[C@@]2(O)C(O)=C3C(=O)c4c(O)cccc4/C(=C\c4c(F)c(F)c(F)c(F)c4F)[C@@H]3[C@H](O)[C@@H]12. The number of nitrogens with zero attached hydrogens (tertiary/aromatic N) is 1. The summed E-state index contributed by atoms with van der Waals surface area (Å²) < 4.78 is 71.7. The smallest absolute Gasteiger partial charge is 0.255 e. The number of hydrogen-bond acceptors (Lipinski definition) is 9. The predicted molar refractivity (Wildman–Crippen MR) is 135 cm³/mol. The van der Waals surface area contributed by atoms with E-state index >= 15 is 0 Å². The molecule has 0 heterocycles. The van der Waals surface area contributed by atoms with Crippen molar-refractivity contribution in [3.8, 4) is 5.75 Å². The fraction of sp³-hybridized carbons (Fsp3) is 0.250. The molecule has 43 heavy (non-hydrogen) atoms. The van der Waals surface area contributed by atoms with Crippen molar-refractivity contribution < 1.29 is 61.9 Å². The highest BCUT2D eigenvalue weighted by Gasteiger charge is 2.67. The normalized spacial score (nSPS) is 27.9. The Labute approximate surface area is 238 Å². The van der Waals surface area contributed by atoms with Crippen molar-refractivity contribution in [3.63, 3.8) is 0 Å². The Morgan fingerprint density at radius 3 is 2.07 bits per heavy atom. The van der Waals surface area contributed by atoms with E-state index in [1.54, 1.807) is 0 Å². The van der Waals surface area contributed by atoms with Crippen LogP contribution in [0.3, 0.4) is 0 Å². The van der Waals surface area contributed by atoms with Gasteiger partial charge in [0.05, 0.1) is 34.8 Å². The number of ketones is 2. The maximum absolute atomic E-state index is 14.8. The van der Waals surface area contributed by atoms with Crippen LogP contribution in [0.5, 0.6) is 5.75 Å². The number of hydrogen-bond donors (Lipinski definition) is 6. The van der Waals surface area contributed by atoms with E-state index < -0.39 is 121 Å². The lowest BCUT2D eigenvalue weighted by Gasteiger charge is -2.52. The maximum atomic E-state index is 14.8. The highest BCUT2D eigenvalue weighted by Crippen LogP contribution is 2.55. The lowest BCUT2D eigenvalue weighted by molar-refractivity contribution is -0.159. The van der Waals surface area contributed by atoms with Crippen molar-refractivity contribution in [2.45, 2.75) is 17.7 Å². The number of aliphatic hydroxyl groups excluding tert-OH is 3. The fourth-order valence-electron chi connectivity index (χ4n) is 6.22. The fourth-order valence-corrected chi connectivity index (χ4v) is 6.22. The number of amides is 1. The van der Waals surface area contributed by atoms with E-state index in [1.165, 1.54) is 14.1 Å². The lowest BCUT2D eigenvalue weighted by atomic mass is 9.56. The quantitative estimate of drug-likeness (QED) is 0.131. The number of carbonyl (C=O) groups is 3. The minimum Gasteiger partial charge on any atom is -0.510 e. The van der Waals surface area contributed by atoms with Crippen LogP contribution in [0.4, 0.5) is 22.0 Å². The van der Waals surface area contributed by atoms with Crippen molar-refractivity contribution in [1.82, 2.24) is 4.90 Å². The molecule has 0 spiro atoms. The molecule has 0 radical (unpaired) electrons. The first-order chi connectivity index (χ1) is 20.0. The number of likely N-dealkylation sites (N-methyl/N-ethyl adjacent to an activating group) is 1. The molecular formula is C28H21F5N2O8. The third kappa shape index (κ3) is 3.78. The molecule has 0 unspecified atom stereocenters. The number of primary amides is 1. The summed E-state index contributed by atoms with van der Waals surface area (Å²) in [6.45, 7) is 0. The van der Waals surface area contributed by atoms with E-state index in [2.05, 4.69) is 0 Å². The zero-order chi connectivity index (χ0) is 32.0. The Balaban J connectivity index is 1.92. The molecule has 0 aromatic heterocycles. The second kappa shape index (κ2) is 9.72. The van der Waals surface area contributed by atoms with Crippen molar-refractivity contribution >= 4 is 29.1 Å². The van der Waals surface area contributed by atoms with Crippen LogP contribution in [0.1, 0.15) is 21.5 Å². The van der Waals surface area contributed by atoms with Crippen molar-refractivity contribution in [1.29, 1.82) is 0 Å². The van der Waals surface area contributed by atoms with Gasteiger partial charge in [0.25, 0.3) is 5.91 Å². The van der Waals surface area contributed by atoms with Gasteiger partial charge in [-0.1, -0.05) is 12.1 Å². The number of rotatable bonds is 3. The standard InChI is InChI=1S/C28H21F5N2O8/c1-35(2)21-15-23(38)12-8(6-9-16(29)18(31)20(33)19(32)17(9)30)7-4-3-5-10(36)11(7)22(37)13(12)25(40)28(15,43)26(41)14(24(21)39)27(34)42/h3-6,12,15,21,23,36,38-40,43H,1-2H3,(H2,34,42)/b8-6+/t12-,15+,21-,23-,28-/m0/s1. The van der Waals surface area contributed by atoms with Crippen LogP contribution in [0.25, 0.3) is 11.6 Å². The Bertz CT molecular complexity index is 1740. The van der Waals surface area contributed by atoms with Gasteiger partial charge in [-0.3, -0.25) is 19.3 Å². The predicted octanol–water partition coefficient (Wildman–Crippen LogP) is 1.79. The van der Waals surface area contributed by atoms with E-state index in [4.69, 9.17) is 5.73 Å². The van der Waals surface area contributed by atoms with Gasteiger partial charge in [-0.05, 0) is 37.4 Å². The van der Waals surface area contributed by atoms with Crippen LogP contribution < -0.4 is 5.73 Å². The van der Waals surface area contributed by atoms with Gasteiger partial charge < -0.3 is 31.3 Å². The molecule has 0 saturated carbocycles. The number of phenols is 1. The molecule has 5 atom stereocenters. The minimum atomic E-state index is -3.30. The number of benzene rings is 2. The monoisotopic (exact) mass is 608 g/mol. The van der Waals surface area contributed by atoms with Crippen LogP contribution in [0.2, 0.25) is 0 Å². The van der Waals surface area contributed by atoms with Crippen LogP contribution >= 0.6 is 0 Å². The molecule has 5 rings (SSSR count). The first-order valence-corrected chi connectivity index (χ1v) is 12.4. The summed E-state index contributed by atoms with van der Waals surface area (Å²) in [5.41, 5.74) is -3.32. The van der Waals surface area contributed by atoms with Gasteiger partial charge >= 0.3 is 0 Å². The number of fused-ring (bicyclic) bond motifs is 3. The highest BCUT2D eigenvalue weighted by atomic mass is 19.2. The number of aromatic hydroxyl groups is 1. The first kappa shape index (κ1) is 29.9. The maximum Gasteiger partial charge on any atom is 0.255 e. The molecule has 0 saturated heterocycles. The molecule has 2 aromatic carbocycles. The number of halogens is 5. The van der Waals surface area contributed by atoms with Crippen molar-refractivity contribution in [2.24, 2.45) is 17.6 Å². The lowest BCUT2D eigenvalue weighted by Crippen LogP contribution is -2.68. The molecule has 0 bridgehead atoms. The zero-order valence-corrected chi connectivity index (χ0v) is 22.0. The Kier molecular flexibility index (Phi) is 6.75. The number of aliphatic hydroxyl groups is 4. The van der Waals surface area contributed by atoms with Gasteiger partial charge in [-0.2, -0.15) is 0 Å². The number of Topliss-reactive ketones (excluding diaryl/α,β-unsaturated/α-hetero) is 2. The second-order valence-electron chi connectivity index (χ2n) is 10.5. The zero-order valence-electron chi connectivity index (χ0n) is 22.0. The van der Waals surface area contributed by atoms with Crippen LogP contribution in [-0.4, -0.2) is 79.7 Å².